The highest BCUT2D eigenvalue weighted by Crippen LogP contribution is 2.30. The van der Waals surface area contributed by atoms with Crippen LogP contribution in [0.1, 0.15) is 16.7 Å². The molecule has 0 atom stereocenters. The van der Waals surface area contributed by atoms with Gasteiger partial charge in [-0.25, -0.2) is 4.39 Å². The first-order valence-corrected chi connectivity index (χ1v) is 7.32. The average molecular weight is 323 g/mol. The second-order valence-corrected chi connectivity index (χ2v) is 5.35. The van der Waals surface area contributed by atoms with Gasteiger partial charge in [-0.15, -0.1) is 0 Å². The highest BCUT2D eigenvalue weighted by molar-refractivity contribution is 9.09. The first-order chi connectivity index (χ1) is 9.10. The van der Waals surface area contributed by atoms with E-state index >= 15 is 0 Å². The standard InChI is InChI=1S/C16H16BrFO/c1-11-9-13(7-8-17)10-12(2)16(11)19-15-5-3-14(18)4-6-15/h3-6,9-10H,7-8H2,1-2H3. The van der Waals surface area contributed by atoms with Crippen molar-refractivity contribution in [2.75, 3.05) is 5.33 Å². The summed E-state index contributed by atoms with van der Waals surface area (Å²) in [4.78, 5) is 0. The van der Waals surface area contributed by atoms with Crippen LogP contribution in [0.15, 0.2) is 36.4 Å². The topological polar surface area (TPSA) is 9.23 Å². The zero-order valence-corrected chi connectivity index (χ0v) is 12.6. The Kier molecular flexibility index (Phi) is 4.59. The van der Waals surface area contributed by atoms with Crippen molar-refractivity contribution in [3.05, 3.63) is 58.9 Å². The van der Waals surface area contributed by atoms with E-state index in [2.05, 4.69) is 28.1 Å². The third-order valence-corrected chi connectivity index (χ3v) is 3.33. The third-order valence-electron chi connectivity index (χ3n) is 2.94. The van der Waals surface area contributed by atoms with Gasteiger partial charge in [0.15, 0.2) is 0 Å². The molecule has 0 N–H and O–H groups in total. The van der Waals surface area contributed by atoms with Crippen LogP contribution in [0.3, 0.4) is 0 Å². The van der Waals surface area contributed by atoms with E-state index < -0.39 is 0 Å². The minimum absolute atomic E-state index is 0.256. The van der Waals surface area contributed by atoms with E-state index in [9.17, 15) is 4.39 Å². The lowest BCUT2D eigenvalue weighted by Gasteiger charge is -2.13. The molecule has 0 bridgehead atoms. The molecule has 0 saturated heterocycles. The van der Waals surface area contributed by atoms with Crippen LogP contribution in [0.5, 0.6) is 11.5 Å². The van der Waals surface area contributed by atoms with Gasteiger partial charge in [-0.1, -0.05) is 28.1 Å². The number of hydrogen-bond donors (Lipinski definition) is 0. The van der Waals surface area contributed by atoms with E-state index in [1.54, 1.807) is 12.1 Å². The van der Waals surface area contributed by atoms with E-state index in [4.69, 9.17) is 4.74 Å². The summed E-state index contributed by atoms with van der Waals surface area (Å²) in [5.74, 6) is 1.25. The highest BCUT2D eigenvalue weighted by Gasteiger charge is 2.07. The van der Waals surface area contributed by atoms with E-state index in [1.807, 2.05) is 13.8 Å². The van der Waals surface area contributed by atoms with Crippen molar-refractivity contribution >= 4 is 15.9 Å². The first-order valence-electron chi connectivity index (χ1n) is 6.19. The normalized spacial score (nSPS) is 10.5. The first kappa shape index (κ1) is 14.1. The molecule has 3 heteroatoms. The molecule has 2 aromatic rings. The third kappa shape index (κ3) is 3.57. The molecular weight excluding hydrogens is 307 g/mol. The molecule has 0 aliphatic rings. The van der Waals surface area contributed by atoms with Gasteiger partial charge in [0.1, 0.15) is 17.3 Å². The van der Waals surface area contributed by atoms with Crippen LogP contribution in [0.4, 0.5) is 4.39 Å². The molecule has 0 aliphatic carbocycles. The Bertz CT molecular complexity index is 540. The van der Waals surface area contributed by atoms with Crippen LogP contribution < -0.4 is 4.74 Å². The van der Waals surface area contributed by atoms with Crippen molar-refractivity contribution in [3.8, 4) is 11.5 Å². The molecule has 19 heavy (non-hydrogen) atoms. The Hall–Kier alpha value is -1.35. The number of benzene rings is 2. The predicted octanol–water partition coefficient (Wildman–Crippen LogP) is 5.17. The fourth-order valence-electron chi connectivity index (χ4n) is 2.07. The lowest BCUT2D eigenvalue weighted by atomic mass is 10.0. The average Bonchev–Trinajstić information content (AvgIpc) is 2.36. The summed E-state index contributed by atoms with van der Waals surface area (Å²) >= 11 is 3.45. The molecule has 2 aromatic carbocycles. The lowest BCUT2D eigenvalue weighted by molar-refractivity contribution is 0.473. The van der Waals surface area contributed by atoms with E-state index in [1.165, 1.54) is 17.7 Å². The molecule has 0 aliphatic heterocycles. The van der Waals surface area contributed by atoms with Gasteiger partial charge in [-0.05, 0) is 61.2 Å². The van der Waals surface area contributed by atoms with E-state index in [-0.39, 0.29) is 5.82 Å². The number of alkyl halides is 1. The molecule has 100 valence electrons. The number of halogens is 2. The van der Waals surface area contributed by atoms with Gasteiger partial charge < -0.3 is 4.74 Å². The predicted molar refractivity (Wildman–Crippen MR) is 79.9 cm³/mol. The molecule has 0 unspecified atom stereocenters. The monoisotopic (exact) mass is 322 g/mol. The Balaban J connectivity index is 2.27. The number of rotatable bonds is 4. The highest BCUT2D eigenvalue weighted by atomic mass is 79.9. The lowest BCUT2D eigenvalue weighted by Crippen LogP contribution is -1.95. The van der Waals surface area contributed by atoms with E-state index in [0.717, 1.165) is 28.6 Å². The summed E-state index contributed by atoms with van der Waals surface area (Å²) in [6, 6.07) is 10.3. The van der Waals surface area contributed by atoms with Crippen molar-refractivity contribution < 1.29 is 9.13 Å². The molecule has 0 saturated carbocycles. The minimum Gasteiger partial charge on any atom is -0.457 e. The Morgan fingerprint density at radius 1 is 1.05 bits per heavy atom. The van der Waals surface area contributed by atoms with Gasteiger partial charge in [0.2, 0.25) is 0 Å². The second-order valence-electron chi connectivity index (χ2n) is 4.55. The molecule has 2 rings (SSSR count). The SMILES string of the molecule is Cc1cc(CCBr)cc(C)c1Oc1ccc(F)cc1. The van der Waals surface area contributed by atoms with Crippen molar-refractivity contribution in [2.45, 2.75) is 20.3 Å². The quantitative estimate of drug-likeness (QED) is 0.705. The van der Waals surface area contributed by atoms with Crippen molar-refractivity contribution in [1.82, 2.24) is 0 Å². The second kappa shape index (κ2) is 6.20. The smallest absolute Gasteiger partial charge is 0.133 e. The summed E-state index contributed by atoms with van der Waals surface area (Å²) in [5, 5.41) is 0.948. The van der Waals surface area contributed by atoms with Gasteiger partial charge in [0.25, 0.3) is 0 Å². The van der Waals surface area contributed by atoms with E-state index in [0.29, 0.717) is 5.75 Å². The molecule has 0 radical (unpaired) electrons. The van der Waals surface area contributed by atoms with Crippen LogP contribution in [-0.4, -0.2) is 5.33 Å². The van der Waals surface area contributed by atoms with Crippen LogP contribution in [0.25, 0.3) is 0 Å². The number of hydrogen-bond acceptors (Lipinski definition) is 1. The molecule has 0 fully saturated rings. The van der Waals surface area contributed by atoms with Crippen molar-refractivity contribution in [1.29, 1.82) is 0 Å². The fraction of sp³-hybridized carbons (Fsp3) is 0.250. The van der Waals surface area contributed by atoms with Crippen LogP contribution in [-0.2, 0) is 6.42 Å². The molecule has 0 heterocycles. The largest absolute Gasteiger partial charge is 0.457 e. The van der Waals surface area contributed by atoms with Gasteiger partial charge in [-0.3, -0.25) is 0 Å². The summed E-state index contributed by atoms with van der Waals surface area (Å²) < 4.78 is 18.7. The molecule has 0 spiro atoms. The van der Waals surface area contributed by atoms with Gasteiger partial charge in [-0.2, -0.15) is 0 Å². The molecular formula is C16H16BrFO. The van der Waals surface area contributed by atoms with Crippen molar-refractivity contribution in [3.63, 3.8) is 0 Å². The minimum atomic E-state index is -0.256. The molecule has 0 amide bonds. The van der Waals surface area contributed by atoms with Crippen LogP contribution >= 0.6 is 15.9 Å². The van der Waals surface area contributed by atoms with Crippen LogP contribution in [0.2, 0.25) is 0 Å². The maximum Gasteiger partial charge on any atom is 0.133 e. The van der Waals surface area contributed by atoms with Gasteiger partial charge in [0.05, 0.1) is 0 Å². The molecule has 1 nitrogen and oxygen atoms in total. The number of ether oxygens (including phenoxy) is 1. The Morgan fingerprint density at radius 2 is 1.63 bits per heavy atom. The van der Waals surface area contributed by atoms with Crippen molar-refractivity contribution in [2.24, 2.45) is 0 Å². The van der Waals surface area contributed by atoms with Gasteiger partial charge in [0, 0.05) is 5.33 Å². The van der Waals surface area contributed by atoms with Crippen LogP contribution in [0, 0.1) is 19.7 Å². The summed E-state index contributed by atoms with van der Waals surface area (Å²) in [7, 11) is 0. The Labute approximate surface area is 121 Å². The maximum absolute atomic E-state index is 12.9. The summed E-state index contributed by atoms with van der Waals surface area (Å²) in [5.41, 5.74) is 3.49. The fourth-order valence-corrected chi connectivity index (χ4v) is 2.53. The Morgan fingerprint density at radius 3 is 2.16 bits per heavy atom. The molecule has 0 aromatic heterocycles. The summed E-state index contributed by atoms with van der Waals surface area (Å²) in [6.07, 6.45) is 0.999. The zero-order valence-electron chi connectivity index (χ0n) is 11.0. The van der Waals surface area contributed by atoms with Gasteiger partial charge >= 0.3 is 0 Å². The number of aryl methyl sites for hydroxylation is 3. The zero-order chi connectivity index (χ0) is 13.8. The summed E-state index contributed by atoms with van der Waals surface area (Å²) in [6.45, 7) is 4.06. The maximum atomic E-state index is 12.9.